The van der Waals surface area contributed by atoms with Crippen molar-refractivity contribution in [3.63, 3.8) is 0 Å². The van der Waals surface area contributed by atoms with Crippen LogP contribution in [0.5, 0.6) is 0 Å². The maximum atomic E-state index is 12.3. The second kappa shape index (κ2) is 4.69. The van der Waals surface area contributed by atoms with Crippen molar-refractivity contribution in [3.8, 4) is 0 Å². The highest BCUT2D eigenvalue weighted by molar-refractivity contribution is 5.94. The standard InChI is InChI=1S/C12H14N6O/c13-15-10-3-1-9(2-4-10)12(19)17-5-6-18-8-14-16-11(18)7-17/h1-4,8,15H,5-7,13H2. The van der Waals surface area contributed by atoms with Gasteiger partial charge in [0.25, 0.3) is 5.91 Å². The first-order valence-corrected chi connectivity index (χ1v) is 6.00. The molecule has 0 saturated heterocycles. The predicted molar refractivity (Wildman–Crippen MR) is 69.0 cm³/mol. The van der Waals surface area contributed by atoms with E-state index in [-0.39, 0.29) is 5.91 Å². The van der Waals surface area contributed by atoms with Crippen LogP contribution in [0.3, 0.4) is 0 Å². The molecule has 1 aliphatic rings. The lowest BCUT2D eigenvalue weighted by Gasteiger charge is -2.27. The smallest absolute Gasteiger partial charge is 0.254 e. The number of hydrazine groups is 1. The van der Waals surface area contributed by atoms with Crippen molar-refractivity contribution in [2.75, 3.05) is 12.0 Å². The summed E-state index contributed by atoms with van der Waals surface area (Å²) in [7, 11) is 0. The van der Waals surface area contributed by atoms with E-state index in [4.69, 9.17) is 5.84 Å². The zero-order chi connectivity index (χ0) is 13.2. The van der Waals surface area contributed by atoms with Gasteiger partial charge in [0.2, 0.25) is 0 Å². The number of benzene rings is 1. The summed E-state index contributed by atoms with van der Waals surface area (Å²) in [5.74, 6) is 6.11. The van der Waals surface area contributed by atoms with Crippen LogP contribution in [0.25, 0.3) is 0 Å². The minimum atomic E-state index is -0.00202. The number of hydrogen-bond acceptors (Lipinski definition) is 5. The van der Waals surface area contributed by atoms with E-state index in [0.717, 1.165) is 18.1 Å². The van der Waals surface area contributed by atoms with Crippen LogP contribution in [0, 0.1) is 0 Å². The number of anilines is 1. The number of nitrogens with one attached hydrogen (secondary N) is 1. The van der Waals surface area contributed by atoms with Crippen LogP contribution in [0.4, 0.5) is 5.69 Å². The number of amides is 1. The van der Waals surface area contributed by atoms with E-state index < -0.39 is 0 Å². The van der Waals surface area contributed by atoms with Crippen molar-refractivity contribution in [2.24, 2.45) is 5.84 Å². The molecule has 3 N–H and O–H groups in total. The fraction of sp³-hybridized carbons (Fsp3) is 0.250. The summed E-state index contributed by atoms with van der Waals surface area (Å²) in [6, 6.07) is 7.08. The van der Waals surface area contributed by atoms with Gasteiger partial charge in [-0.2, -0.15) is 0 Å². The first-order valence-electron chi connectivity index (χ1n) is 6.00. The molecule has 2 aromatic rings. The number of hydrogen-bond donors (Lipinski definition) is 2. The van der Waals surface area contributed by atoms with Crippen LogP contribution >= 0.6 is 0 Å². The Labute approximate surface area is 110 Å². The number of aromatic nitrogens is 3. The van der Waals surface area contributed by atoms with E-state index in [1.54, 1.807) is 35.5 Å². The molecule has 0 saturated carbocycles. The topological polar surface area (TPSA) is 89.1 Å². The van der Waals surface area contributed by atoms with Crippen molar-refractivity contribution in [1.29, 1.82) is 0 Å². The highest BCUT2D eigenvalue weighted by Crippen LogP contribution is 2.15. The molecule has 0 atom stereocenters. The largest absolute Gasteiger partial charge is 0.329 e. The Morgan fingerprint density at radius 1 is 1.26 bits per heavy atom. The lowest BCUT2D eigenvalue weighted by molar-refractivity contribution is 0.0707. The summed E-state index contributed by atoms with van der Waals surface area (Å²) in [6.45, 7) is 1.90. The Morgan fingerprint density at radius 2 is 2.05 bits per heavy atom. The number of rotatable bonds is 2. The van der Waals surface area contributed by atoms with Gasteiger partial charge in [0, 0.05) is 24.3 Å². The third-order valence-electron chi connectivity index (χ3n) is 3.22. The number of nitrogens with zero attached hydrogens (tertiary/aromatic N) is 4. The van der Waals surface area contributed by atoms with Gasteiger partial charge in [0.05, 0.1) is 6.54 Å². The highest BCUT2D eigenvalue weighted by Gasteiger charge is 2.22. The predicted octanol–water partition coefficient (Wildman–Crippen LogP) is 0.220. The molecule has 98 valence electrons. The molecule has 0 unspecified atom stereocenters. The van der Waals surface area contributed by atoms with Gasteiger partial charge in [-0.25, -0.2) is 0 Å². The van der Waals surface area contributed by atoms with Gasteiger partial charge in [-0.1, -0.05) is 0 Å². The molecule has 7 nitrogen and oxygen atoms in total. The molecule has 1 aliphatic heterocycles. The van der Waals surface area contributed by atoms with Gasteiger partial charge >= 0.3 is 0 Å². The zero-order valence-corrected chi connectivity index (χ0v) is 10.3. The van der Waals surface area contributed by atoms with Gasteiger partial charge < -0.3 is 14.9 Å². The van der Waals surface area contributed by atoms with Crippen LogP contribution in [-0.4, -0.2) is 32.1 Å². The molecular weight excluding hydrogens is 244 g/mol. The fourth-order valence-electron chi connectivity index (χ4n) is 2.13. The molecule has 19 heavy (non-hydrogen) atoms. The van der Waals surface area contributed by atoms with Crippen molar-refractivity contribution < 1.29 is 4.79 Å². The zero-order valence-electron chi connectivity index (χ0n) is 10.3. The van der Waals surface area contributed by atoms with Crippen molar-refractivity contribution >= 4 is 11.6 Å². The molecule has 0 aliphatic carbocycles. The monoisotopic (exact) mass is 258 g/mol. The second-order valence-corrected chi connectivity index (χ2v) is 4.39. The van der Waals surface area contributed by atoms with Gasteiger partial charge in [0.15, 0.2) is 5.82 Å². The number of nitrogen functional groups attached to an aromatic ring is 1. The Morgan fingerprint density at radius 3 is 2.79 bits per heavy atom. The Balaban J connectivity index is 1.77. The number of carbonyl (C=O) groups is 1. The second-order valence-electron chi connectivity index (χ2n) is 4.39. The third-order valence-corrected chi connectivity index (χ3v) is 3.22. The van der Waals surface area contributed by atoms with E-state index in [9.17, 15) is 4.79 Å². The van der Waals surface area contributed by atoms with E-state index in [1.165, 1.54) is 0 Å². The molecule has 0 radical (unpaired) electrons. The minimum Gasteiger partial charge on any atom is -0.329 e. The average molecular weight is 258 g/mol. The maximum absolute atomic E-state index is 12.3. The molecule has 0 spiro atoms. The summed E-state index contributed by atoms with van der Waals surface area (Å²) in [5.41, 5.74) is 3.95. The van der Waals surface area contributed by atoms with Gasteiger partial charge in [-0.15, -0.1) is 10.2 Å². The quantitative estimate of drug-likeness (QED) is 0.594. The molecule has 2 heterocycles. The molecular formula is C12H14N6O. The van der Waals surface area contributed by atoms with E-state index in [2.05, 4.69) is 15.6 Å². The van der Waals surface area contributed by atoms with Crippen LogP contribution in [0.1, 0.15) is 16.2 Å². The molecule has 3 rings (SSSR count). The van der Waals surface area contributed by atoms with Crippen LogP contribution in [0.15, 0.2) is 30.6 Å². The van der Waals surface area contributed by atoms with Gasteiger partial charge in [-0.05, 0) is 24.3 Å². The van der Waals surface area contributed by atoms with Gasteiger partial charge in [0.1, 0.15) is 6.33 Å². The molecule has 0 fully saturated rings. The maximum Gasteiger partial charge on any atom is 0.254 e. The van der Waals surface area contributed by atoms with Gasteiger partial charge in [-0.3, -0.25) is 10.6 Å². The minimum absolute atomic E-state index is 0.00202. The Hall–Kier alpha value is -2.41. The average Bonchev–Trinajstić information content (AvgIpc) is 2.94. The lowest BCUT2D eigenvalue weighted by atomic mass is 10.1. The normalized spacial score (nSPS) is 14.1. The molecule has 1 aromatic heterocycles. The number of fused-ring (bicyclic) bond motifs is 1. The van der Waals surface area contributed by atoms with Crippen LogP contribution < -0.4 is 11.3 Å². The highest BCUT2D eigenvalue weighted by atomic mass is 16.2. The van der Waals surface area contributed by atoms with Crippen LogP contribution in [0.2, 0.25) is 0 Å². The first-order chi connectivity index (χ1) is 9.28. The molecule has 1 aromatic carbocycles. The first kappa shape index (κ1) is 11.7. The molecule has 0 bridgehead atoms. The summed E-state index contributed by atoms with van der Waals surface area (Å²) in [4.78, 5) is 14.1. The summed E-state index contributed by atoms with van der Waals surface area (Å²) < 4.78 is 1.96. The fourth-order valence-corrected chi connectivity index (χ4v) is 2.13. The van der Waals surface area contributed by atoms with Crippen molar-refractivity contribution in [3.05, 3.63) is 42.0 Å². The third kappa shape index (κ3) is 2.15. The summed E-state index contributed by atoms with van der Waals surface area (Å²) >= 11 is 0. The van der Waals surface area contributed by atoms with E-state index >= 15 is 0 Å². The SMILES string of the molecule is NNc1ccc(C(=O)N2CCn3cnnc3C2)cc1. The van der Waals surface area contributed by atoms with E-state index in [0.29, 0.717) is 18.7 Å². The van der Waals surface area contributed by atoms with Crippen molar-refractivity contribution in [2.45, 2.75) is 13.1 Å². The molecule has 1 amide bonds. The van der Waals surface area contributed by atoms with Crippen molar-refractivity contribution in [1.82, 2.24) is 19.7 Å². The number of nitrogens with two attached hydrogens (primary N) is 1. The van der Waals surface area contributed by atoms with E-state index in [1.807, 2.05) is 4.57 Å². The number of carbonyl (C=O) groups excluding carboxylic acids is 1. The molecule has 7 heteroatoms. The lowest BCUT2D eigenvalue weighted by Crippen LogP contribution is -2.38. The Bertz CT molecular complexity index is 591. The summed E-state index contributed by atoms with van der Waals surface area (Å²) in [6.07, 6.45) is 1.69. The summed E-state index contributed by atoms with van der Waals surface area (Å²) in [5, 5.41) is 7.85. The Kier molecular flexibility index (Phi) is 2.88. The van der Waals surface area contributed by atoms with Crippen LogP contribution in [-0.2, 0) is 13.1 Å².